The number of benzene rings is 1. The van der Waals surface area contributed by atoms with Crippen molar-refractivity contribution in [3.8, 4) is 16.3 Å². The van der Waals surface area contributed by atoms with Crippen LogP contribution in [0.15, 0.2) is 60.1 Å². The summed E-state index contributed by atoms with van der Waals surface area (Å²) < 4.78 is 7.22. The highest BCUT2D eigenvalue weighted by Gasteiger charge is 2.14. The van der Waals surface area contributed by atoms with Gasteiger partial charge in [0, 0.05) is 17.8 Å². The molecule has 0 atom stereocenters. The highest BCUT2D eigenvalue weighted by Crippen LogP contribution is 2.28. The fourth-order valence-electron chi connectivity index (χ4n) is 3.32. The molecule has 6 nitrogen and oxygen atoms in total. The van der Waals surface area contributed by atoms with Gasteiger partial charge in [-0.2, -0.15) is 5.10 Å². The van der Waals surface area contributed by atoms with E-state index in [9.17, 15) is 4.79 Å². The number of amides is 1. The van der Waals surface area contributed by atoms with Gasteiger partial charge in [-0.1, -0.05) is 24.3 Å². The van der Waals surface area contributed by atoms with Crippen LogP contribution in [0.3, 0.4) is 0 Å². The molecule has 1 amide bonds. The normalized spacial score (nSPS) is 15.0. The van der Waals surface area contributed by atoms with Crippen molar-refractivity contribution >= 4 is 23.3 Å². The van der Waals surface area contributed by atoms with Crippen molar-refractivity contribution in [3.05, 3.63) is 65.7 Å². The van der Waals surface area contributed by atoms with Gasteiger partial charge in [0.1, 0.15) is 18.8 Å². The Morgan fingerprint density at radius 2 is 2.03 bits per heavy atom. The molecule has 2 aromatic heterocycles. The lowest BCUT2D eigenvalue weighted by molar-refractivity contribution is -0.906. The number of rotatable bonds is 7. The third kappa shape index (κ3) is 5.20. The van der Waals surface area contributed by atoms with Crippen LogP contribution in [0.1, 0.15) is 5.56 Å². The molecule has 0 spiro atoms. The molecule has 0 saturated carbocycles. The number of carbonyl (C=O) groups excluding carboxylic acids is 1. The van der Waals surface area contributed by atoms with Crippen molar-refractivity contribution in [1.82, 2.24) is 15.1 Å². The second kappa shape index (κ2) is 9.65. The van der Waals surface area contributed by atoms with E-state index < -0.39 is 0 Å². The monoisotopic (exact) mass is 409 g/mol. The standard InChI is InChI=1S/C22H24N4O2S/c27-21(23-10-11-25-12-14-28-15-13-25)9-8-18-17-26(19-5-2-1-3-6-19)24-22(18)20-7-4-16-29-20/h1-9,16-17H,10-15H2,(H,23,27)/p+1/b9-8+. The van der Waals surface area contributed by atoms with Crippen LogP contribution in [0.2, 0.25) is 0 Å². The molecule has 1 aliphatic heterocycles. The van der Waals surface area contributed by atoms with Crippen molar-refractivity contribution < 1.29 is 14.4 Å². The number of nitrogens with zero attached hydrogens (tertiary/aromatic N) is 2. The van der Waals surface area contributed by atoms with Gasteiger partial charge < -0.3 is 15.0 Å². The van der Waals surface area contributed by atoms with E-state index in [1.165, 1.54) is 4.90 Å². The molecule has 3 heterocycles. The molecule has 4 rings (SSSR count). The summed E-state index contributed by atoms with van der Waals surface area (Å²) in [6.45, 7) is 5.22. The summed E-state index contributed by atoms with van der Waals surface area (Å²) in [5.41, 5.74) is 2.79. The Hall–Kier alpha value is -2.74. The highest BCUT2D eigenvalue weighted by molar-refractivity contribution is 7.13. The van der Waals surface area contributed by atoms with Crippen LogP contribution in [-0.2, 0) is 9.53 Å². The average Bonchev–Trinajstić information content (AvgIpc) is 3.43. The lowest BCUT2D eigenvalue weighted by Crippen LogP contribution is -3.14. The highest BCUT2D eigenvalue weighted by atomic mass is 32.1. The fraction of sp³-hybridized carbons (Fsp3) is 0.273. The third-order valence-electron chi connectivity index (χ3n) is 4.91. The minimum atomic E-state index is -0.0812. The number of ether oxygens (including phenoxy) is 1. The SMILES string of the molecule is O=C(/C=C/c1cn(-c2ccccc2)nc1-c1cccs1)NCC[NH+]1CCOCC1. The van der Waals surface area contributed by atoms with Crippen molar-refractivity contribution in [2.75, 3.05) is 39.4 Å². The zero-order chi connectivity index (χ0) is 19.9. The van der Waals surface area contributed by atoms with E-state index in [2.05, 4.69) is 5.32 Å². The van der Waals surface area contributed by atoms with Gasteiger partial charge in [0.25, 0.3) is 0 Å². The molecular weight excluding hydrogens is 384 g/mol. The van der Waals surface area contributed by atoms with Crippen LogP contribution in [0.4, 0.5) is 0 Å². The second-order valence-electron chi connectivity index (χ2n) is 6.93. The molecule has 0 bridgehead atoms. The van der Waals surface area contributed by atoms with Gasteiger partial charge in [0.15, 0.2) is 0 Å². The summed E-state index contributed by atoms with van der Waals surface area (Å²) >= 11 is 1.64. The van der Waals surface area contributed by atoms with Gasteiger partial charge in [-0.25, -0.2) is 4.68 Å². The molecule has 1 aromatic carbocycles. The van der Waals surface area contributed by atoms with E-state index in [1.54, 1.807) is 17.4 Å². The molecule has 150 valence electrons. The van der Waals surface area contributed by atoms with Crippen LogP contribution in [0, 0.1) is 0 Å². The van der Waals surface area contributed by atoms with E-state index >= 15 is 0 Å². The summed E-state index contributed by atoms with van der Waals surface area (Å²) in [5.74, 6) is -0.0812. The van der Waals surface area contributed by atoms with Crippen LogP contribution in [0.5, 0.6) is 0 Å². The first-order valence-corrected chi connectivity index (χ1v) is 10.7. The number of carbonyl (C=O) groups is 1. The van der Waals surface area contributed by atoms with Crippen LogP contribution in [0.25, 0.3) is 22.3 Å². The maximum Gasteiger partial charge on any atom is 0.244 e. The van der Waals surface area contributed by atoms with E-state index in [0.717, 1.165) is 54.7 Å². The molecule has 2 N–H and O–H groups in total. The van der Waals surface area contributed by atoms with Gasteiger partial charge in [-0.3, -0.25) is 4.79 Å². The van der Waals surface area contributed by atoms with Crippen molar-refractivity contribution in [2.24, 2.45) is 0 Å². The van der Waals surface area contributed by atoms with E-state index in [4.69, 9.17) is 9.84 Å². The summed E-state index contributed by atoms with van der Waals surface area (Å²) in [7, 11) is 0. The van der Waals surface area contributed by atoms with Gasteiger partial charge >= 0.3 is 0 Å². The van der Waals surface area contributed by atoms with E-state index in [1.807, 2.05) is 64.8 Å². The molecular formula is C22H25N4O2S+. The maximum atomic E-state index is 12.3. The lowest BCUT2D eigenvalue weighted by atomic mass is 10.2. The summed E-state index contributed by atoms with van der Waals surface area (Å²) in [6, 6.07) is 14.0. The Morgan fingerprint density at radius 1 is 1.21 bits per heavy atom. The number of aromatic nitrogens is 2. The number of hydrogen-bond acceptors (Lipinski definition) is 4. The number of hydrogen-bond donors (Lipinski definition) is 2. The van der Waals surface area contributed by atoms with Crippen molar-refractivity contribution in [2.45, 2.75) is 0 Å². The van der Waals surface area contributed by atoms with Crippen molar-refractivity contribution in [3.63, 3.8) is 0 Å². The van der Waals surface area contributed by atoms with Crippen LogP contribution >= 0.6 is 11.3 Å². The topological polar surface area (TPSA) is 60.6 Å². The smallest absolute Gasteiger partial charge is 0.244 e. The first-order valence-electron chi connectivity index (χ1n) is 9.86. The number of thiophene rings is 1. The predicted octanol–water partition coefficient (Wildman–Crippen LogP) is 1.65. The molecule has 0 radical (unpaired) electrons. The molecule has 3 aromatic rings. The number of quaternary nitrogens is 1. The Bertz CT molecular complexity index is 945. The minimum absolute atomic E-state index is 0.0812. The largest absolute Gasteiger partial charge is 0.370 e. The van der Waals surface area contributed by atoms with Gasteiger partial charge in [-0.05, 0) is 29.7 Å². The summed E-state index contributed by atoms with van der Waals surface area (Å²) in [5, 5.41) is 9.77. The zero-order valence-electron chi connectivity index (χ0n) is 16.2. The quantitative estimate of drug-likeness (QED) is 0.584. The van der Waals surface area contributed by atoms with Crippen LogP contribution < -0.4 is 10.2 Å². The average molecular weight is 410 g/mol. The Balaban J connectivity index is 1.44. The van der Waals surface area contributed by atoms with Crippen LogP contribution in [-0.4, -0.2) is 55.1 Å². The maximum absolute atomic E-state index is 12.3. The predicted molar refractivity (Wildman–Crippen MR) is 115 cm³/mol. The number of nitrogens with one attached hydrogen (secondary N) is 2. The first kappa shape index (κ1) is 19.6. The molecule has 1 fully saturated rings. The van der Waals surface area contributed by atoms with Gasteiger partial charge in [0.2, 0.25) is 5.91 Å². The van der Waals surface area contributed by atoms with E-state index in [-0.39, 0.29) is 5.91 Å². The summed E-state index contributed by atoms with van der Waals surface area (Å²) in [4.78, 5) is 14.8. The van der Waals surface area contributed by atoms with Gasteiger partial charge in [-0.15, -0.1) is 11.3 Å². The number of para-hydroxylation sites is 1. The van der Waals surface area contributed by atoms with Gasteiger partial charge in [0.05, 0.1) is 36.9 Å². The molecule has 29 heavy (non-hydrogen) atoms. The lowest BCUT2D eigenvalue weighted by Gasteiger charge is -2.23. The minimum Gasteiger partial charge on any atom is -0.370 e. The fourth-order valence-corrected chi connectivity index (χ4v) is 4.06. The Morgan fingerprint density at radius 3 is 2.79 bits per heavy atom. The Labute approximate surface area is 174 Å². The molecule has 1 saturated heterocycles. The molecule has 0 unspecified atom stereocenters. The molecule has 0 aliphatic carbocycles. The zero-order valence-corrected chi connectivity index (χ0v) is 17.0. The second-order valence-corrected chi connectivity index (χ2v) is 7.87. The third-order valence-corrected chi connectivity index (χ3v) is 5.79. The van der Waals surface area contributed by atoms with E-state index in [0.29, 0.717) is 6.54 Å². The Kier molecular flexibility index (Phi) is 6.51. The first-order chi connectivity index (χ1) is 14.3. The van der Waals surface area contributed by atoms with Crippen molar-refractivity contribution in [1.29, 1.82) is 0 Å². The summed E-state index contributed by atoms with van der Waals surface area (Å²) in [6.07, 6.45) is 5.41. The number of morpholine rings is 1. The molecule has 7 heteroatoms. The molecule has 1 aliphatic rings.